The number of fused-ring (bicyclic) bond motifs is 1. The van der Waals surface area contributed by atoms with Crippen LogP contribution in [0.3, 0.4) is 0 Å². The predicted molar refractivity (Wildman–Crippen MR) is 58.3 cm³/mol. The van der Waals surface area contributed by atoms with Crippen LogP contribution in [-0.2, 0) is 4.74 Å². The second-order valence-corrected chi connectivity index (χ2v) is 5.19. The Kier molecular flexibility index (Phi) is 3.13. The highest BCUT2D eigenvalue weighted by Crippen LogP contribution is 2.60. The van der Waals surface area contributed by atoms with E-state index in [1.165, 1.54) is 32.2 Å². The number of hydrogen-bond acceptors (Lipinski definition) is 2. The Labute approximate surface area is 87.4 Å². The number of nitrogens with one attached hydrogen (secondary N) is 1. The molecule has 2 unspecified atom stereocenters. The number of rotatable bonds is 6. The van der Waals surface area contributed by atoms with E-state index < -0.39 is 0 Å². The zero-order valence-electron chi connectivity index (χ0n) is 9.51. The molecule has 0 amide bonds. The van der Waals surface area contributed by atoms with Crippen molar-refractivity contribution < 1.29 is 4.74 Å². The number of hydrogen-bond donors (Lipinski definition) is 1. The van der Waals surface area contributed by atoms with Gasteiger partial charge in [0.15, 0.2) is 0 Å². The van der Waals surface area contributed by atoms with Gasteiger partial charge in [-0.15, -0.1) is 0 Å². The minimum Gasteiger partial charge on any atom is -0.385 e. The van der Waals surface area contributed by atoms with Crippen molar-refractivity contribution in [1.29, 1.82) is 0 Å². The lowest BCUT2D eigenvalue weighted by Gasteiger charge is -2.31. The van der Waals surface area contributed by atoms with E-state index in [-0.39, 0.29) is 0 Å². The third kappa shape index (κ3) is 2.12. The molecule has 0 radical (unpaired) electrons. The van der Waals surface area contributed by atoms with E-state index in [2.05, 4.69) is 12.2 Å². The van der Waals surface area contributed by atoms with Gasteiger partial charge in [0, 0.05) is 20.3 Å². The standard InChI is InChI=1S/C12H23NO/c1-3-13-9-12(4-5-14-2)7-10-6-11(10)8-12/h10-11,13H,3-9H2,1-2H3. The lowest BCUT2D eigenvalue weighted by atomic mass is 9.80. The van der Waals surface area contributed by atoms with Gasteiger partial charge in [-0.1, -0.05) is 6.92 Å². The van der Waals surface area contributed by atoms with Crippen molar-refractivity contribution in [3.63, 3.8) is 0 Å². The second-order valence-electron chi connectivity index (χ2n) is 5.19. The first-order chi connectivity index (χ1) is 6.79. The minimum absolute atomic E-state index is 0.583. The van der Waals surface area contributed by atoms with Gasteiger partial charge in [0.1, 0.15) is 0 Å². The molecule has 0 heterocycles. The molecule has 2 aliphatic carbocycles. The minimum atomic E-state index is 0.583. The third-order valence-electron chi connectivity index (χ3n) is 4.05. The summed E-state index contributed by atoms with van der Waals surface area (Å²) in [4.78, 5) is 0. The summed E-state index contributed by atoms with van der Waals surface area (Å²) in [7, 11) is 1.82. The molecule has 2 saturated carbocycles. The van der Waals surface area contributed by atoms with Crippen LogP contribution < -0.4 is 5.32 Å². The monoisotopic (exact) mass is 197 g/mol. The molecule has 0 aromatic carbocycles. The fraction of sp³-hybridized carbons (Fsp3) is 1.00. The first-order valence-corrected chi connectivity index (χ1v) is 5.99. The summed E-state index contributed by atoms with van der Waals surface area (Å²) in [6.07, 6.45) is 5.67. The van der Waals surface area contributed by atoms with Crippen molar-refractivity contribution >= 4 is 0 Å². The summed E-state index contributed by atoms with van der Waals surface area (Å²) in [5, 5.41) is 3.53. The van der Waals surface area contributed by atoms with Gasteiger partial charge in [0.2, 0.25) is 0 Å². The van der Waals surface area contributed by atoms with Crippen LogP contribution in [0.25, 0.3) is 0 Å². The van der Waals surface area contributed by atoms with Gasteiger partial charge in [-0.2, -0.15) is 0 Å². The molecule has 2 nitrogen and oxygen atoms in total. The Morgan fingerprint density at radius 3 is 2.64 bits per heavy atom. The Morgan fingerprint density at radius 1 is 1.36 bits per heavy atom. The maximum Gasteiger partial charge on any atom is 0.0468 e. The molecule has 0 spiro atoms. The Hall–Kier alpha value is -0.0800. The zero-order valence-corrected chi connectivity index (χ0v) is 9.51. The summed E-state index contributed by atoms with van der Waals surface area (Å²) in [5.41, 5.74) is 0.583. The maximum absolute atomic E-state index is 5.23. The molecule has 1 N–H and O–H groups in total. The van der Waals surface area contributed by atoms with Crippen molar-refractivity contribution in [1.82, 2.24) is 5.32 Å². The highest BCUT2D eigenvalue weighted by Gasteiger charge is 2.52. The number of methoxy groups -OCH3 is 1. The zero-order chi connectivity index (χ0) is 10.0. The normalized spacial score (nSPS) is 39.9. The van der Waals surface area contributed by atoms with E-state index in [4.69, 9.17) is 4.74 Å². The van der Waals surface area contributed by atoms with Gasteiger partial charge >= 0.3 is 0 Å². The van der Waals surface area contributed by atoms with Crippen LogP contribution in [0.2, 0.25) is 0 Å². The molecule has 82 valence electrons. The second kappa shape index (κ2) is 4.19. The molecule has 2 atom stereocenters. The van der Waals surface area contributed by atoms with E-state index in [0.717, 1.165) is 25.0 Å². The molecule has 2 aliphatic rings. The van der Waals surface area contributed by atoms with E-state index in [1.54, 1.807) is 0 Å². The smallest absolute Gasteiger partial charge is 0.0468 e. The van der Waals surface area contributed by atoms with Crippen molar-refractivity contribution in [2.45, 2.75) is 32.6 Å². The SMILES string of the molecule is CCNCC1(CCOC)CC2CC2C1. The fourth-order valence-corrected chi connectivity index (χ4v) is 3.15. The molecule has 0 bridgehead atoms. The number of ether oxygens (including phenoxy) is 1. The summed E-state index contributed by atoms with van der Waals surface area (Å²) in [6.45, 7) is 5.44. The van der Waals surface area contributed by atoms with Crippen LogP contribution in [0.1, 0.15) is 32.6 Å². The Morgan fingerprint density at radius 2 is 2.07 bits per heavy atom. The highest BCUT2D eigenvalue weighted by atomic mass is 16.5. The molecule has 0 aliphatic heterocycles. The van der Waals surface area contributed by atoms with Gasteiger partial charge in [-0.3, -0.25) is 0 Å². The van der Waals surface area contributed by atoms with E-state index in [1.807, 2.05) is 7.11 Å². The molecule has 0 aromatic rings. The van der Waals surface area contributed by atoms with Crippen LogP contribution in [0, 0.1) is 17.3 Å². The van der Waals surface area contributed by atoms with Crippen molar-refractivity contribution in [3.8, 4) is 0 Å². The van der Waals surface area contributed by atoms with Gasteiger partial charge in [0.25, 0.3) is 0 Å². The van der Waals surface area contributed by atoms with Gasteiger partial charge < -0.3 is 10.1 Å². The Balaban J connectivity index is 1.84. The van der Waals surface area contributed by atoms with Gasteiger partial charge in [-0.25, -0.2) is 0 Å². The van der Waals surface area contributed by atoms with E-state index in [0.29, 0.717) is 5.41 Å². The van der Waals surface area contributed by atoms with Crippen LogP contribution >= 0.6 is 0 Å². The first-order valence-electron chi connectivity index (χ1n) is 5.99. The fourth-order valence-electron chi connectivity index (χ4n) is 3.15. The molecule has 14 heavy (non-hydrogen) atoms. The van der Waals surface area contributed by atoms with Crippen LogP contribution in [-0.4, -0.2) is 26.8 Å². The van der Waals surface area contributed by atoms with Gasteiger partial charge in [-0.05, 0) is 49.5 Å². The third-order valence-corrected chi connectivity index (χ3v) is 4.05. The first kappa shape index (κ1) is 10.4. The van der Waals surface area contributed by atoms with Crippen molar-refractivity contribution in [2.75, 3.05) is 26.8 Å². The average Bonchev–Trinajstić information content (AvgIpc) is 2.82. The summed E-state index contributed by atoms with van der Waals surface area (Å²) in [5.74, 6) is 2.15. The molecule has 0 aromatic heterocycles. The molecule has 2 rings (SSSR count). The lowest BCUT2D eigenvalue weighted by Crippen LogP contribution is -2.34. The molecular weight excluding hydrogens is 174 g/mol. The van der Waals surface area contributed by atoms with E-state index >= 15 is 0 Å². The van der Waals surface area contributed by atoms with E-state index in [9.17, 15) is 0 Å². The average molecular weight is 197 g/mol. The summed E-state index contributed by atoms with van der Waals surface area (Å²) in [6, 6.07) is 0. The summed E-state index contributed by atoms with van der Waals surface area (Å²) >= 11 is 0. The summed E-state index contributed by atoms with van der Waals surface area (Å²) < 4.78 is 5.23. The largest absolute Gasteiger partial charge is 0.385 e. The van der Waals surface area contributed by atoms with Crippen LogP contribution in [0.15, 0.2) is 0 Å². The quantitative estimate of drug-likeness (QED) is 0.703. The van der Waals surface area contributed by atoms with Crippen LogP contribution in [0.4, 0.5) is 0 Å². The topological polar surface area (TPSA) is 21.3 Å². The molecular formula is C12H23NO. The molecule has 2 fully saturated rings. The molecule has 0 saturated heterocycles. The van der Waals surface area contributed by atoms with Crippen LogP contribution in [0.5, 0.6) is 0 Å². The predicted octanol–water partition coefficient (Wildman–Crippen LogP) is 2.05. The Bertz CT molecular complexity index is 173. The van der Waals surface area contributed by atoms with Crippen molar-refractivity contribution in [2.24, 2.45) is 17.3 Å². The molecule has 2 heteroatoms. The highest BCUT2D eigenvalue weighted by molar-refractivity contribution is 5.03. The van der Waals surface area contributed by atoms with Gasteiger partial charge in [0.05, 0.1) is 0 Å². The van der Waals surface area contributed by atoms with Crippen molar-refractivity contribution in [3.05, 3.63) is 0 Å². The maximum atomic E-state index is 5.23. The lowest BCUT2D eigenvalue weighted by molar-refractivity contribution is 0.127.